The summed E-state index contributed by atoms with van der Waals surface area (Å²) in [7, 11) is 0. The molecule has 0 fully saturated rings. The first-order chi connectivity index (χ1) is 5.13. The van der Waals surface area contributed by atoms with Gasteiger partial charge in [-0.2, -0.15) is 0 Å². The average molecular weight is 235 g/mol. The van der Waals surface area contributed by atoms with Gasteiger partial charge in [-0.15, -0.1) is 0 Å². The van der Waals surface area contributed by atoms with Crippen LogP contribution in [0.4, 0.5) is 0 Å². The van der Waals surface area contributed by atoms with Gasteiger partial charge in [0.25, 0.3) is 0 Å². The molecule has 0 aliphatic rings. The molecule has 0 aromatic heterocycles. The van der Waals surface area contributed by atoms with Crippen LogP contribution < -0.4 is 0 Å². The SMILES string of the molecule is Cc1cccc(S(=O)O)c1Br. The van der Waals surface area contributed by atoms with Gasteiger partial charge in [-0.25, -0.2) is 4.21 Å². The minimum atomic E-state index is -1.90. The van der Waals surface area contributed by atoms with Gasteiger partial charge in [-0.05, 0) is 34.5 Å². The van der Waals surface area contributed by atoms with Crippen LogP contribution >= 0.6 is 15.9 Å². The Labute approximate surface area is 76.0 Å². The molecule has 1 aromatic carbocycles. The largest absolute Gasteiger partial charge is 0.302 e. The molecule has 1 atom stereocenters. The van der Waals surface area contributed by atoms with E-state index in [0.29, 0.717) is 9.37 Å². The highest BCUT2D eigenvalue weighted by Crippen LogP contribution is 2.22. The average Bonchev–Trinajstić information content (AvgIpc) is 1.94. The summed E-state index contributed by atoms with van der Waals surface area (Å²) >= 11 is 1.33. The van der Waals surface area contributed by atoms with Crippen molar-refractivity contribution in [1.29, 1.82) is 0 Å². The van der Waals surface area contributed by atoms with Crippen molar-refractivity contribution in [3.63, 3.8) is 0 Å². The first-order valence-electron chi connectivity index (χ1n) is 2.99. The Morgan fingerprint density at radius 2 is 2.18 bits per heavy atom. The number of hydrogen-bond acceptors (Lipinski definition) is 1. The minimum absolute atomic E-state index is 0.421. The predicted octanol–water partition coefficient (Wildman–Crippen LogP) is 2.34. The van der Waals surface area contributed by atoms with Gasteiger partial charge in [0.1, 0.15) is 0 Å². The van der Waals surface area contributed by atoms with Gasteiger partial charge in [-0.3, -0.25) is 0 Å². The molecule has 11 heavy (non-hydrogen) atoms. The van der Waals surface area contributed by atoms with E-state index in [1.165, 1.54) is 0 Å². The third-order valence-corrected chi connectivity index (χ3v) is 3.38. The molecule has 0 amide bonds. The van der Waals surface area contributed by atoms with E-state index < -0.39 is 11.1 Å². The van der Waals surface area contributed by atoms with E-state index in [9.17, 15) is 4.21 Å². The van der Waals surface area contributed by atoms with Crippen LogP contribution in [0, 0.1) is 6.92 Å². The zero-order chi connectivity index (χ0) is 8.43. The molecule has 1 N–H and O–H groups in total. The van der Waals surface area contributed by atoms with Gasteiger partial charge in [0.15, 0.2) is 11.1 Å². The molecule has 1 rings (SSSR count). The molecule has 0 heterocycles. The Kier molecular flexibility index (Phi) is 2.81. The Balaban J connectivity index is 3.27. The summed E-state index contributed by atoms with van der Waals surface area (Å²) in [6, 6.07) is 5.25. The number of benzene rings is 1. The van der Waals surface area contributed by atoms with Crippen molar-refractivity contribution in [1.82, 2.24) is 0 Å². The fourth-order valence-electron chi connectivity index (χ4n) is 0.755. The van der Waals surface area contributed by atoms with Crippen molar-refractivity contribution in [2.24, 2.45) is 0 Å². The molecule has 0 aliphatic carbocycles. The highest BCUT2D eigenvalue weighted by molar-refractivity contribution is 9.10. The lowest BCUT2D eigenvalue weighted by atomic mass is 10.2. The first-order valence-corrected chi connectivity index (χ1v) is 4.89. The molecule has 4 heteroatoms. The fraction of sp³-hybridized carbons (Fsp3) is 0.143. The van der Waals surface area contributed by atoms with Crippen molar-refractivity contribution in [3.8, 4) is 0 Å². The Morgan fingerprint density at radius 3 is 2.64 bits per heavy atom. The smallest absolute Gasteiger partial charge is 0.187 e. The maximum absolute atomic E-state index is 10.7. The monoisotopic (exact) mass is 234 g/mol. The van der Waals surface area contributed by atoms with Crippen molar-refractivity contribution < 1.29 is 8.76 Å². The van der Waals surface area contributed by atoms with Gasteiger partial charge in [-0.1, -0.05) is 12.1 Å². The second-order valence-electron chi connectivity index (χ2n) is 2.14. The molecule has 2 nitrogen and oxygen atoms in total. The van der Waals surface area contributed by atoms with Crippen molar-refractivity contribution in [2.45, 2.75) is 11.8 Å². The lowest BCUT2D eigenvalue weighted by Gasteiger charge is -2.00. The Hall–Kier alpha value is -0.190. The van der Waals surface area contributed by atoms with Gasteiger partial charge in [0.2, 0.25) is 0 Å². The van der Waals surface area contributed by atoms with Crippen molar-refractivity contribution in [2.75, 3.05) is 0 Å². The summed E-state index contributed by atoms with van der Waals surface area (Å²) < 4.78 is 20.1. The lowest BCUT2D eigenvalue weighted by Crippen LogP contribution is -1.90. The summed E-state index contributed by atoms with van der Waals surface area (Å²) in [6.07, 6.45) is 0. The van der Waals surface area contributed by atoms with E-state index >= 15 is 0 Å². The lowest BCUT2D eigenvalue weighted by molar-refractivity contribution is 0.564. The van der Waals surface area contributed by atoms with Crippen molar-refractivity contribution >= 4 is 27.0 Å². The van der Waals surface area contributed by atoms with Gasteiger partial charge in [0, 0.05) is 4.47 Å². The highest BCUT2D eigenvalue weighted by atomic mass is 79.9. The third-order valence-electron chi connectivity index (χ3n) is 1.34. The number of aryl methyl sites for hydroxylation is 1. The second-order valence-corrected chi connectivity index (χ2v) is 3.87. The van der Waals surface area contributed by atoms with Gasteiger partial charge in [0.05, 0.1) is 4.90 Å². The van der Waals surface area contributed by atoms with E-state index in [1.54, 1.807) is 12.1 Å². The third kappa shape index (κ3) is 1.89. The Bertz CT molecular complexity index is 298. The molecule has 0 spiro atoms. The molecule has 0 bridgehead atoms. The van der Waals surface area contributed by atoms with E-state index in [4.69, 9.17) is 4.55 Å². The summed E-state index contributed by atoms with van der Waals surface area (Å²) in [6.45, 7) is 1.88. The normalized spacial score (nSPS) is 13.0. The molecular formula is C7H7BrO2S. The summed E-state index contributed by atoms with van der Waals surface area (Å²) in [5, 5.41) is 0. The van der Waals surface area contributed by atoms with Crippen LogP contribution in [-0.2, 0) is 11.1 Å². The molecule has 0 saturated heterocycles. The van der Waals surface area contributed by atoms with E-state index in [2.05, 4.69) is 15.9 Å². The van der Waals surface area contributed by atoms with E-state index in [-0.39, 0.29) is 0 Å². The van der Waals surface area contributed by atoms with E-state index in [0.717, 1.165) is 5.56 Å². The standard InChI is InChI=1S/C7H7BrO2S/c1-5-3-2-4-6(7(5)8)11(9)10/h2-4H,1H3,(H,9,10). The second kappa shape index (κ2) is 3.47. The fourth-order valence-corrected chi connectivity index (χ4v) is 1.94. The highest BCUT2D eigenvalue weighted by Gasteiger charge is 2.05. The quantitative estimate of drug-likeness (QED) is 0.758. The summed E-state index contributed by atoms with van der Waals surface area (Å²) in [5.74, 6) is 0. The summed E-state index contributed by atoms with van der Waals surface area (Å²) in [4.78, 5) is 0.421. The minimum Gasteiger partial charge on any atom is -0.302 e. The predicted molar refractivity (Wildman–Crippen MR) is 47.9 cm³/mol. The molecule has 60 valence electrons. The van der Waals surface area contributed by atoms with Gasteiger partial charge >= 0.3 is 0 Å². The van der Waals surface area contributed by atoms with Crippen LogP contribution in [0.5, 0.6) is 0 Å². The molecule has 1 aromatic rings. The molecule has 0 radical (unpaired) electrons. The zero-order valence-corrected chi connectivity index (χ0v) is 8.28. The molecule has 0 aliphatic heterocycles. The van der Waals surface area contributed by atoms with Gasteiger partial charge < -0.3 is 4.55 Å². The van der Waals surface area contributed by atoms with E-state index in [1.807, 2.05) is 13.0 Å². The van der Waals surface area contributed by atoms with Crippen LogP contribution in [0.15, 0.2) is 27.6 Å². The number of hydrogen-bond donors (Lipinski definition) is 1. The van der Waals surface area contributed by atoms with Crippen LogP contribution in [0.3, 0.4) is 0 Å². The number of rotatable bonds is 1. The van der Waals surface area contributed by atoms with Crippen LogP contribution in [0.1, 0.15) is 5.56 Å². The molecule has 1 unspecified atom stereocenters. The topological polar surface area (TPSA) is 37.3 Å². The molecule has 0 saturated carbocycles. The first kappa shape index (κ1) is 8.90. The van der Waals surface area contributed by atoms with Crippen molar-refractivity contribution in [3.05, 3.63) is 28.2 Å². The summed E-state index contributed by atoms with van der Waals surface area (Å²) in [5.41, 5.74) is 0.963. The number of halogens is 1. The zero-order valence-electron chi connectivity index (χ0n) is 5.87. The molecular weight excluding hydrogens is 228 g/mol. The maximum atomic E-state index is 10.7. The van der Waals surface area contributed by atoms with Crippen LogP contribution in [-0.4, -0.2) is 8.76 Å². The van der Waals surface area contributed by atoms with Crippen LogP contribution in [0.2, 0.25) is 0 Å². The van der Waals surface area contributed by atoms with Crippen LogP contribution in [0.25, 0.3) is 0 Å². The maximum Gasteiger partial charge on any atom is 0.187 e. The Morgan fingerprint density at radius 1 is 1.55 bits per heavy atom.